The highest BCUT2D eigenvalue weighted by molar-refractivity contribution is 5.79. The Labute approximate surface area is 291 Å². The molecule has 2 aromatic rings. The number of hydrogen-bond donors (Lipinski definition) is 2. The van der Waals surface area contributed by atoms with Gasteiger partial charge in [0.1, 0.15) is 11.9 Å². The maximum absolute atomic E-state index is 13.0. The van der Waals surface area contributed by atoms with E-state index in [2.05, 4.69) is 33.5 Å². The number of benzene rings is 1. The molecule has 3 aliphatic rings. The molecule has 1 saturated carbocycles. The summed E-state index contributed by atoms with van der Waals surface area (Å²) in [7, 11) is 5.47. The molecule has 3 fully saturated rings. The fourth-order valence-corrected chi connectivity index (χ4v) is 7.07. The highest BCUT2D eigenvalue weighted by Crippen LogP contribution is 2.24. The quantitative estimate of drug-likeness (QED) is 0.350. The van der Waals surface area contributed by atoms with Crippen LogP contribution in [-0.4, -0.2) is 101 Å². The van der Waals surface area contributed by atoms with E-state index in [-0.39, 0.29) is 24.1 Å². The summed E-state index contributed by atoms with van der Waals surface area (Å²) >= 11 is 0. The van der Waals surface area contributed by atoms with Crippen molar-refractivity contribution in [3.05, 3.63) is 34.2 Å². The highest BCUT2D eigenvalue weighted by Gasteiger charge is 2.26. The second-order valence-corrected chi connectivity index (χ2v) is 15.0. The number of rotatable bonds is 10. The van der Waals surface area contributed by atoms with Crippen molar-refractivity contribution in [2.24, 2.45) is 7.05 Å². The molecule has 12 heteroatoms. The van der Waals surface area contributed by atoms with E-state index in [4.69, 9.17) is 9.47 Å². The first-order chi connectivity index (χ1) is 23.4. The van der Waals surface area contributed by atoms with E-state index in [1.54, 1.807) is 18.7 Å². The topological polar surface area (TPSA) is 127 Å². The first-order valence-corrected chi connectivity index (χ1v) is 18.3. The van der Waals surface area contributed by atoms with Crippen molar-refractivity contribution in [1.29, 1.82) is 0 Å². The largest absolute Gasteiger partial charge is 0.444 e. The molecule has 1 atom stereocenters. The van der Waals surface area contributed by atoms with Gasteiger partial charge in [-0.05, 0) is 90.5 Å². The van der Waals surface area contributed by atoms with Crippen LogP contribution in [-0.2, 0) is 32.7 Å². The summed E-state index contributed by atoms with van der Waals surface area (Å²) in [5, 5.41) is 5.48. The molecule has 2 saturated heterocycles. The third kappa shape index (κ3) is 11.7. The number of fused-ring (bicyclic) bond motifs is 1. The Morgan fingerprint density at radius 2 is 1.57 bits per heavy atom. The van der Waals surface area contributed by atoms with Crippen LogP contribution >= 0.6 is 0 Å². The van der Waals surface area contributed by atoms with E-state index in [1.165, 1.54) is 23.8 Å². The summed E-state index contributed by atoms with van der Waals surface area (Å²) in [6.45, 7) is 10.7. The number of aldehydes is 1. The Bertz CT molecular complexity index is 1430. The van der Waals surface area contributed by atoms with Gasteiger partial charge in [0.25, 0.3) is 0 Å². The summed E-state index contributed by atoms with van der Waals surface area (Å²) in [4.78, 5) is 52.6. The lowest BCUT2D eigenvalue weighted by Crippen LogP contribution is -2.41. The van der Waals surface area contributed by atoms with Crippen molar-refractivity contribution in [2.45, 2.75) is 128 Å². The minimum atomic E-state index is -0.669. The third-order valence-electron chi connectivity index (χ3n) is 9.91. The Morgan fingerprint density at radius 1 is 0.939 bits per heavy atom. The molecule has 1 aliphatic carbocycles. The van der Waals surface area contributed by atoms with Crippen LogP contribution in [0.25, 0.3) is 11.0 Å². The van der Waals surface area contributed by atoms with Crippen LogP contribution in [0.3, 0.4) is 0 Å². The minimum Gasteiger partial charge on any atom is -0.444 e. The number of hydrogen-bond acceptors (Lipinski definition) is 8. The fourth-order valence-electron chi connectivity index (χ4n) is 7.07. The fraction of sp³-hybridized carbons (Fsp3) is 0.730. The molecule has 0 spiro atoms. The predicted molar refractivity (Wildman–Crippen MR) is 192 cm³/mol. The van der Waals surface area contributed by atoms with Gasteiger partial charge in [-0.3, -0.25) is 18.8 Å². The van der Waals surface area contributed by atoms with E-state index in [9.17, 15) is 19.2 Å². The molecule has 1 aromatic carbocycles. The summed E-state index contributed by atoms with van der Waals surface area (Å²) in [5.74, 6) is -0.145. The Balaban J connectivity index is 0.000000324. The number of carbonyl (C=O) groups is 3. The van der Waals surface area contributed by atoms with Gasteiger partial charge in [-0.1, -0.05) is 25.3 Å². The third-order valence-corrected chi connectivity index (χ3v) is 9.91. The number of piperidine rings is 2. The van der Waals surface area contributed by atoms with Gasteiger partial charge in [-0.2, -0.15) is 0 Å². The number of imidazole rings is 1. The molecule has 12 nitrogen and oxygen atoms in total. The summed E-state index contributed by atoms with van der Waals surface area (Å²) in [5.41, 5.74) is 2.05. The maximum Gasteiger partial charge on any atom is 0.407 e. The number of aromatic nitrogens is 2. The van der Waals surface area contributed by atoms with Gasteiger partial charge < -0.3 is 29.8 Å². The van der Waals surface area contributed by atoms with Crippen molar-refractivity contribution < 1.29 is 23.9 Å². The molecular weight excluding hydrogens is 624 g/mol. The van der Waals surface area contributed by atoms with Crippen molar-refractivity contribution in [2.75, 3.05) is 40.3 Å². The van der Waals surface area contributed by atoms with Gasteiger partial charge in [0.2, 0.25) is 5.91 Å². The van der Waals surface area contributed by atoms with E-state index in [0.29, 0.717) is 24.7 Å². The highest BCUT2D eigenvalue weighted by atomic mass is 16.6. The van der Waals surface area contributed by atoms with Gasteiger partial charge in [0, 0.05) is 59.3 Å². The zero-order valence-corrected chi connectivity index (χ0v) is 30.7. The lowest BCUT2D eigenvalue weighted by molar-refractivity contribution is -0.121. The number of alkyl carbamates (subject to hydrolysis) is 1. The zero-order chi connectivity index (χ0) is 35.6. The van der Waals surface area contributed by atoms with Crippen molar-refractivity contribution in [1.82, 2.24) is 29.6 Å². The summed E-state index contributed by atoms with van der Waals surface area (Å²) in [6, 6.07) is 5.68. The van der Waals surface area contributed by atoms with Crippen LogP contribution in [0.1, 0.15) is 103 Å². The van der Waals surface area contributed by atoms with E-state index < -0.39 is 11.6 Å². The van der Waals surface area contributed by atoms with Crippen LogP contribution in [0, 0.1) is 0 Å². The van der Waals surface area contributed by atoms with Crippen LogP contribution < -0.4 is 16.3 Å². The normalized spacial score (nSPS) is 19.6. The molecule has 49 heavy (non-hydrogen) atoms. The number of amides is 2. The Kier molecular flexibility index (Phi) is 14.3. The maximum atomic E-state index is 13.0. The van der Waals surface area contributed by atoms with Crippen molar-refractivity contribution in [3.63, 3.8) is 0 Å². The SMILES string of the molecule is CC(C)(C)OC(=O)NC1CCCCC1.CNC(=O)CCC(C=O)n1c(=O)n(C)c2cc(CN3CCC(OC4CCN(C)CC4)CC3)ccc21. The number of carbonyl (C=O) groups excluding carboxylic acids is 3. The first-order valence-electron chi connectivity index (χ1n) is 18.3. The molecule has 0 bridgehead atoms. The minimum absolute atomic E-state index is 0.145. The van der Waals surface area contributed by atoms with Gasteiger partial charge in [-0.25, -0.2) is 9.59 Å². The number of aryl methyl sites for hydroxylation is 1. The molecule has 1 aromatic heterocycles. The molecule has 2 N–H and O–H groups in total. The van der Waals surface area contributed by atoms with Crippen molar-refractivity contribution in [3.8, 4) is 0 Å². The van der Waals surface area contributed by atoms with Crippen LogP contribution in [0.15, 0.2) is 23.0 Å². The summed E-state index contributed by atoms with van der Waals surface area (Å²) in [6.07, 6.45) is 12.0. The second-order valence-electron chi connectivity index (χ2n) is 15.0. The van der Waals surface area contributed by atoms with Crippen LogP contribution in [0.2, 0.25) is 0 Å². The monoisotopic (exact) mass is 684 g/mol. The summed E-state index contributed by atoms with van der Waals surface area (Å²) < 4.78 is 14.7. The predicted octanol–water partition coefficient (Wildman–Crippen LogP) is 4.53. The van der Waals surface area contributed by atoms with Crippen LogP contribution in [0.5, 0.6) is 0 Å². The first kappa shape index (κ1) is 38.6. The van der Waals surface area contributed by atoms with E-state index in [1.807, 2.05) is 32.9 Å². The Morgan fingerprint density at radius 3 is 2.16 bits per heavy atom. The number of likely N-dealkylation sites (tertiary alicyclic amines) is 2. The molecule has 3 heterocycles. The second kappa shape index (κ2) is 18.1. The van der Waals surface area contributed by atoms with Gasteiger partial charge in [-0.15, -0.1) is 0 Å². The molecule has 1 unspecified atom stereocenters. The number of nitrogens with zero attached hydrogens (tertiary/aromatic N) is 4. The molecule has 5 rings (SSSR count). The Hall–Kier alpha value is -3.22. The molecular formula is C37H60N6O6. The van der Waals surface area contributed by atoms with Gasteiger partial charge >= 0.3 is 11.8 Å². The lowest BCUT2D eigenvalue weighted by Gasteiger charge is -2.36. The zero-order valence-electron chi connectivity index (χ0n) is 30.7. The number of ether oxygens (including phenoxy) is 2. The average Bonchev–Trinajstić information content (AvgIpc) is 3.31. The molecule has 2 aliphatic heterocycles. The molecule has 2 amide bonds. The molecule has 274 valence electrons. The van der Waals surface area contributed by atoms with Gasteiger partial charge in [0.15, 0.2) is 0 Å². The smallest absolute Gasteiger partial charge is 0.407 e. The van der Waals surface area contributed by atoms with E-state index in [0.717, 1.165) is 94.1 Å². The van der Waals surface area contributed by atoms with Gasteiger partial charge in [0.05, 0.1) is 29.3 Å². The lowest BCUT2D eigenvalue weighted by atomic mass is 9.96. The van der Waals surface area contributed by atoms with Crippen LogP contribution in [0.4, 0.5) is 4.79 Å². The van der Waals surface area contributed by atoms with E-state index >= 15 is 0 Å². The van der Waals surface area contributed by atoms with Crippen molar-refractivity contribution >= 4 is 29.3 Å². The number of nitrogens with one attached hydrogen (secondary N) is 2. The standard InChI is InChI=1S/C26H39N5O4.C11H21NO2/c1-27-25(33)7-5-20(18-32)31-23-6-4-19(16-24(23)29(3)26(31)34)17-30-14-10-22(11-15-30)35-21-8-12-28(2)13-9-21;1-11(2,3)14-10(13)12-9-7-5-4-6-8-9/h4,6,16,18,20-22H,5,7-15,17H2,1-3H3,(H,27,33);9H,4-8H2,1-3H3,(H,12,13). The average molecular weight is 685 g/mol. The molecule has 0 radical (unpaired) electrons.